The van der Waals surface area contributed by atoms with Crippen LogP contribution in [0, 0.1) is 0 Å². The molecule has 2 aromatic carbocycles. The predicted molar refractivity (Wildman–Crippen MR) is 87.6 cm³/mol. The van der Waals surface area contributed by atoms with Gasteiger partial charge >= 0.3 is 0 Å². The van der Waals surface area contributed by atoms with Crippen LogP contribution in [0.15, 0.2) is 51.8 Å². The number of hydrogen-bond acceptors (Lipinski definition) is 3. The summed E-state index contributed by atoms with van der Waals surface area (Å²) in [5.41, 5.74) is 0.310. The van der Waals surface area contributed by atoms with Gasteiger partial charge in [0.25, 0.3) is 10.0 Å². The summed E-state index contributed by atoms with van der Waals surface area (Å²) in [6.07, 6.45) is 0. The molecule has 0 radical (unpaired) electrons. The molecule has 0 saturated carbocycles. The first kappa shape index (κ1) is 16.1. The molecule has 1 N–H and O–H groups in total. The van der Waals surface area contributed by atoms with E-state index >= 15 is 0 Å². The Morgan fingerprint density at radius 1 is 1.24 bits per heavy atom. The van der Waals surface area contributed by atoms with Gasteiger partial charge in [0.1, 0.15) is 0 Å². The van der Waals surface area contributed by atoms with Crippen LogP contribution in [-0.4, -0.2) is 15.0 Å². The van der Waals surface area contributed by atoms with Crippen molar-refractivity contribution < 1.29 is 13.2 Å². The summed E-state index contributed by atoms with van der Waals surface area (Å²) >= 11 is 9.29. The van der Waals surface area contributed by atoms with Crippen molar-refractivity contribution in [3.8, 4) is 5.75 Å². The van der Waals surface area contributed by atoms with Crippen molar-refractivity contribution in [1.82, 2.24) is 0 Å². The summed E-state index contributed by atoms with van der Waals surface area (Å²) in [7, 11) is -3.71. The zero-order chi connectivity index (χ0) is 15.5. The molecule has 0 amide bonds. The molecule has 0 aliphatic heterocycles. The maximum absolute atomic E-state index is 12.4. The minimum Gasteiger partial charge on any atom is -0.490 e. The first-order valence-corrected chi connectivity index (χ1v) is 8.79. The topological polar surface area (TPSA) is 55.4 Å². The smallest absolute Gasteiger partial charge is 0.262 e. The fraction of sp³-hybridized carbons (Fsp3) is 0.143. The third-order valence-electron chi connectivity index (χ3n) is 2.61. The van der Waals surface area contributed by atoms with Gasteiger partial charge in [-0.1, -0.05) is 39.7 Å². The summed E-state index contributed by atoms with van der Waals surface area (Å²) < 4.78 is 33.4. The quantitative estimate of drug-likeness (QED) is 0.828. The Balaban J connectivity index is 2.39. The van der Waals surface area contributed by atoms with Crippen LogP contribution >= 0.6 is 27.5 Å². The predicted octanol–water partition coefficient (Wildman–Crippen LogP) is 4.30. The monoisotopic (exact) mass is 389 g/mol. The van der Waals surface area contributed by atoms with E-state index in [9.17, 15) is 8.42 Å². The summed E-state index contributed by atoms with van der Waals surface area (Å²) in [5.74, 6) is 0.320. The zero-order valence-corrected chi connectivity index (χ0v) is 14.3. The summed E-state index contributed by atoms with van der Waals surface area (Å²) in [5, 5.41) is 0.353. The average molecular weight is 391 g/mol. The van der Waals surface area contributed by atoms with Gasteiger partial charge in [0.2, 0.25) is 0 Å². The minimum atomic E-state index is -3.71. The van der Waals surface area contributed by atoms with Gasteiger partial charge in [-0.3, -0.25) is 4.72 Å². The molecule has 0 aromatic heterocycles. The summed E-state index contributed by atoms with van der Waals surface area (Å²) in [6.45, 7) is 2.19. The number of ether oxygens (including phenoxy) is 1. The molecule has 0 saturated heterocycles. The minimum absolute atomic E-state index is 0.152. The molecule has 112 valence electrons. The molecule has 0 spiro atoms. The van der Waals surface area contributed by atoms with Crippen molar-refractivity contribution in [2.24, 2.45) is 0 Å². The number of rotatable bonds is 5. The lowest BCUT2D eigenvalue weighted by molar-refractivity contribution is 0.342. The van der Waals surface area contributed by atoms with Gasteiger partial charge in [-0.25, -0.2) is 8.42 Å². The molecular weight excluding hydrogens is 378 g/mol. The van der Waals surface area contributed by atoms with Gasteiger partial charge < -0.3 is 4.74 Å². The number of nitrogens with one attached hydrogen (secondary N) is 1. The van der Waals surface area contributed by atoms with Crippen molar-refractivity contribution in [1.29, 1.82) is 0 Å². The van der Waals surface area contributed by atoms with Crippen LogP contribution in [-0.2, 0) is 10.0 Å². The van der Waals surface area contributed by atoms with Gasteiger partial charge in [-0.2, -0.15) is 0 Å². The molecule has 0 aliphatic carbocycles. The fourth-order valence-corrected chi connectivity index (χ4v) is 3.61. The van der Waals surface area contributed by atoms with Gasteiger partial charge in [0, 0.05) is 4.47 Å². The van der Waals surface area contributed by atoms with E-state index < -0.39 is 10.0 Å². The Hall–Kier alpha value is -1.24. The zero-order valence-electron chi connectivity index (χ0n) is 11.1. The molecule has 2 aromatic rings. The molecule has 0 atom stereocenters. The Kier molecular flexibility index (Phi) is 5.13. The maximum atomic E-state index is 12.4. The van der Waals surface area contributed by atoms with Crippen molar-refractivity contribution >= 4 is 43.2 Å². The molecule has 4 nitrogen and oxygen atoms in total. The van der Waals surface area contributed by atoms with E-state index in [0.717, 1.165) is 0 Å². The highest BCUT2D eigenvalue weighted by Crippen LogP contribution is 2.34. The Morgan fingerprint density at radius 3 is 2.62 bits per heavy atom. The fourth-order valence-electron chi connectivity index (χ4n) is 1.72. The van der Waals surface area contributed by atoms with Crippen LogP contribution in [0.4, 0.5) is 5.69 Å². The van der Waals surface area contributed by atoms with E-state index in [4.69, 9.17) is 16.3 Å². The second-order valence-electron chi connectivity index (χ2n) is 4.11. The molecule has 0 bridgehead atoms. The van der Waals surface area contributed by atoms with Crippen LogP contribution in [0.25, 0.3) is 0 Å². The van der Waals surface area contributed by atoms with E-state index in [1.807, 2.05) is 0 Å². The third kappa shape index (κ3) is 3.90. The second kappa shape index (κ2) is 6.68. The number of hydrogen-bond donors (Lipinski definition) is 1. The van der Waals surface area contributed by atoms with E-state index in [1.54, 1.807) is 37.3 Å². The molecular formula is C14H13BrClNO3S. The maximum Gasteiger partial charge on any atom is 0.262 e. The lowest BCUT2D eigenvalue weighted by Crippen LogP contribution is -2.14. The molecule has 0 aliphatic rings. The van der Waals surface area contributed by atoms with Crippen molar-refractivity contribution in [3.05, 3.63) is 52.0 Å². The lowest BCUT2D eigenvalue weighted by Gasteiger charge is -2.14. The lowest BCUT2D eigenvalue weighted by atomic mass is 10.3. The molecule has 0 unspecified atom stereocenters. The number of anilines is 1. The Bertz CT molecular complexity index is 750. The molecule has 0 heterocycles. The van der Waals surface area contributed by atoms with Gasteiger partial charge in [-0.05, 0) is 37.3 Å². The first-order valence-electron chi connectivity index (χ1n) is 6.13. The SMILES string of the molecule is CCOc1c(Cl)cccc1NS(=O)(=O)c1cccc(Br)c1. The van der Waals surface area contributed by atoms with E-state index in [0.29, 0.717) is 27.5 Å². The van der Waals surface area contributed by atoms with Crippen LogP contribution in [0.3, 0.4) is 0 Å². The van der Waals surface area contributed by atoms with Crippen LogP contribution in [0.5, 0.6) is 5.75 Å². The van der Waals surface area contributed by atoms with Crippen molar-refractivity contribution in [2.75, 3.05) is 11.3 Å². The summed E-state index contributed by atoms with van der Waals surface area (Å²) in [4.78, 5) is 0.152. The van der Waals surface area contributed by atoms with E-state index in [-0.39, 0.29) is 4.90 Å². The normalized spacial score (nSPS) is 11.2. The van der Waals surface area contributed by atoms with Gasteiger partial charge in [0.15, 0.2) is 5.75 Å². The highest BCUT2D eigenvalue weighted by molar-refractivity contribution is 9.10. The Labute approximate surface area is 137 Å². The van der Waals surface area contributed by atoms with Gasteiger partial charge in [0.05, 0.1) is 22.2 Å². The number of para-hydroxylation sites is 1. The summed E-state index contributed by atoms with van der Waals surface area (Å²) in [6, 6.07) is 11.3. The largest absolute Gasteiger partial charge is 0.490 e. The van der Waals surface area contributed by atoms with Gasteiger partial charge in [-0.15, -0.1) is 0 Å². The number of sulfonamides is 1. The standard InChI is InChI=1S/C14H13BrClNO3S/c1-2-20-14-12(16)7-4-8-13(14)17-21(18,19)11-6-3-5-10(15)9-11/h3-9,17H,2H2,1H3. The first-order chi connectivity index (χ1) is 9.94. The second-order valence-corrected chi connectivity index (χ2v) is 7.12. The van der Waals surface area contributed by atoms with Crippen LogP contribution < -0.4 is 9.46 Å². The molecule has 0 fully saturated rings. The van der Waals surface area contributed by atoms with Crippen molar-refractivity contribution in [2.45, 2.75) is 11.8 Å². The molecule has 21 heavy (non-hydrogen) atoms. The van der Waals surface area contributed by atoms with Crippen LogP contribution in [0.1, 0.15) is 6.92 Å². The van der Waals surface area contributed by atoms with E-state index in [1.165, 1.54) is 12.1 Å². The number of halogens is 2. The highest BCUT2D eigenvalue weighted by Gasteiger charge is 2.18. The number of benzene rings is 2. The third-order valence-corrected chi connectivity index (χ3v) is 4.76. The van der Waals surface area contributed by atoms with E-state index in [2.05, 4.69) is 20.7 Å². The van der Waals surface area contributed by atoms with Crippen LogP contribution in [0.2, 0.25) is 5.02 Å². The highest BCUT2D eigenvalue weighted by atomic mass is 79.9. The Morgan fingerprint density at radius 2 is 1.95 bits per heavy atom. The molecule has 7 heteroatoms. The van der Waals surface area contributed by atoms with Crippen molar-refractivity contribution in [3.63, 3.8) is 0 Å². The molecule has 2 rings (SSSR count). The average Bonchev–Trinajstić information content (AvgIpc) is 2.42.